The van der Waals surface area contributed by atoms with Crippen LogP contribution >= 0.6 is 0 Å². The Morgan fingerprint density at radius 3 is 2.73 bits per heavy atom. The van der Waals surface area contributed by atoms with Crippen LogP contribution in [0.3, 0.4) is 0 Å². The fourth-order valence-electron chi connectivity index (χ4n) is 2.97. The zero-order valence-electron chi connectivity index (χ0n) is 10.2. The molecule has 3 atom stereocenters. The van der Waals surface area contributed by atoms with Crippen molar-refractivity contribution in [3.05, 3.63) is 0 Å². The van der Waals surface area contributed by atoms with Crippen LogP contribution in [0.25, 0.3) is 0 Å². The summed E-state index contributed by atoms with van der Waals surface area (Å²) < 4.78 is 0. The van der Waals surface area contributed by atoms with Gasteiger partial charge in [-0.25, -0.2) is 0 Å². The second-order valence-electron chi connectivity index (χ2n) is 5.41. The highest BCUT2D eigenvalue weighted by Gasteiger charge is 2.34. The SMILES string of the molecule is CC(N)CCN1CCC2CCC(C1)N2C. The topological polar surface area (TPSA) is 32.5 Å². The molecule has 0 saturated carbocycles. The minimum atomic E-state index is 0.350. The Morgan fingerprint density at radius 1 is 1.27 bits per heavy atom. The van der Waals surface area contributed by atoms with Gasteiger partial charge in [0.05, 0.1) is 0 Å². The predicted octanol–water partition coefficient (Wildman–Crippen LogP) is 0.892. The van der Waals surface area contributed by atoms with Crippen LogP contribution in [-0.2, 0) is 0 Å². The summed E-state index contributed by atoms with van der Waals surface area (Å²) in [6, 6.07) is 2.02. The van der Waals surface area contributed by atoms with Crippen LogP contribution < -0.4 is 5.73 Å². The maximum Gasteiger partial charge on any atom is 0.0223 e. The van der Waals surface area contributed by atoms with Crippen molar-refractivity contribution in [2.75, 3.05) is 26.7 Å². The van der Waals surface area contributed by atoms with Crippen LogP contribution in [-0.4, -0.2) is 54.6 Å². The Kier molecular flexibility index (Phi) is 3.65. The molecule has 2 fully saturated rings. The van der Waals surface area contributed by atoms with E-state index >= 15 is 0 Å². The third-order valence-electron chi connectivity index (χ3n) is 4.13. The number of hydrogen-bond acceptors (Lipinski definition) is 3. The lowest BCUT2D eigenvalue weighted by molar-refractivity contribution is 0.215. The Morgan fingerprint density at radius 2 is 2.00 bits per heavy atom. The predicted molar refractivity (Wildman–Crippen MR) is 63.9 cm³/mol. The lowest BCUT2D eigenvalue weighted by Crippen LogP contribution is -2.38. The number of fused-ring (bicyclic) bond motifs is 2. The van der Waals surface area contributed by atoms with Gasteiger partial charge in [-0.15, -0.1) is 0 Å². The van der Waals surface area contributed by atoms with Crippen molar-refractivity contribution in [3.63, 3.8) is 0 Å². The molecule has 2 bridgehead atoms. The summed E-state index contributed by atoms with van der Waals surface area (Å²) in [7, 11) is 2.30. The molecule has 88 valence electrons. The van der Waals surface area contributed by atoms with Crippen molar-refractivity contribution in [2.24, 2.45) is 5.73 Å². The van der Waals surface area contributed by atoms with Gasteiger partial charge in [-0.05, 0) is 52.7 Å². The molecule has 2 N–H and O–H groups in total. The average Bonchev–Trinajstić information content (AvgIpc) is 2.40. The Labute approximate surface area is 93.6 Å². The standard InChI is InChI=1S/C12H25N3/c1-10(13)5-7-15-8-6-11-3-4-12(9-15)14(11)2/h10-12H,3-9,13H2,1-2H3. The number of nitrogens with two attached hydrogens (primary N) is 1. The van der Waals surface area contributed by atoms with Crippen molar-refractivity contribution in [1.82, 2.24) is 9.80 Å². The van der Waals surface area contributed by atoms with Crippen LogP contribution in [0.4, 0.5) is 0 Å². The molecule has 0 aromatic carbocycles. The van der Waals surface area contributed by atoms with Crippen LogP contribution in [0.2, 0.25) is 0 Å². The van der Waals surface area contributed by atoms with Crippen LogP contribution in [0, 0.1) is 0 Å². The van der Waals surface area contributed by atoms with Gasteiger partial charge in [0.2, 0.25) is 0 Å². The van der Waals surface area contributed by atoms with E-state index in [4.69, 9.17) is 5.73 Å². The number of nitrogens with zero attached hydrogens (tertiary/aromatic N) is 2. The Bertz CT molecular complexity index is 203. The van der Waals surface area contributed by atoms with Gasteiger partial charge in [-0.3, -0.25) is 4.90 Å². The average molecular weight is 211 g/mol. The summed E-state index contributed by atoms with van der Waals surface area (Å²) in [6.07, 6.45) is 5.31. The van der Waals surface area contributed by atoms with Gasteiger partial charge in [0, 0.05) is 24.7 Å². The first-order valence-electron chi connectivity index (χ1n) is 6.36. The third-order valence-corrected chi connectivity index (χ3v) is 4.13. The van der Waals surface area contributed by atoms with Crippen molar-refractivity contribution < 1.29 is 0 Å². The van der Waals surface area contributed by atoms with Crippen LogP contribution in [0.5, 0.6) is 0 Å². The molecular weight excluding hydrogens is 186 g/mol. The molecule has 0 aromatic rings. The molecule has 0 amide bonds. The first-order valence-corrected chi connectivity index (χ1v) is 6.36. The second kappa shape index (κ2) is 4.81. The van der Waals surface area contributed by atoms with Crippen LogP contribution in [0.15, 0.2) is 0 Å². The molecule has 3 unspecified atom stereocenters. The molecule has 3 heteroatoms. The van der Waals surface area contributed by atoms with Crippen molar-refractivity contribution in [3.8, 4) is 0 Å². The van der Waals surface area contributed by atoms with E-state index < -0.39 is 0 Å². The van der Waals surface area contributed by atoms with E-state index in [2.05, 4.69) is 23.8 Å². The van der Waals surface area contributed by atoms with Crippen molar-refractivity contribution >= 4 is 0 Å². The zero-order chi connectivity index (χ0) is 10.8. The highest BCUT2D eigenvalue weighted by atomic mass is 15.3. The van der Waals surface area contributed by atoms with E-state index in [0.29, 0.717) is 6.04 Å². The largest absolute Gasteiger partial charge is 0.328 e. The first kappa shape index (κ1) is 11.4. The molecular formula is C12H25N3. The molecule has 0 radical (unpaired) electrons. The second-order valence-corrected chi connectivity index (χ2v) is 5.41. The third kappa shape index (κ3) is 2.71. The van der Waals surface area contributed by atoms with E-state index in [9.17, 15) is 0 Å². The quantitative estimate of drug-likeness (QED) is 0.752. The fraction of sp³-hybridized carbons (Fsp3) is 1.00. The molecule has 2 rings (SSSR count). The highest BCUT2D eigenvalue weighted by Crippen LogP contribution is 2.28. The summed E-state index contributed by atoms with van der Waals surface area (Å²) >= 11 is 0. The smallest absolute Gasteiger partial charge is 0.0223 e. The lowest BCUT2D eigenvalue weighted by atomic mass is 10.1. The number of rotatable bonds is 3. The van der Waals surface area contributed by atoms with Gasteiger partial charge in [-0.2, -0.15) is 0 Å². The molecule has 0 spiro atoms. The molecule has 0 aliphatic carbocycles. The maximum atomic E-state index is 5.81. The Balaban J connectivity index is 1.84. The fourth-order valence-corrected chi connectivity index (χ4v) is 2.97. The van der Waals surface area contributed by atoms with Gasteiger partial charge in [0.25, 0.3) is 0 Å². The number of hydrogen-bond donors (Lipinski definition) is 1. The molecule has 2 heterocycles. The van der Waals surface area contributed by atoms with E-state index in [0.717, 1.165) is 18.5 Å². The van der Waals surface area contributed by atoms with Gasteiger partial charge in [0.15, 0.2) is 0 Å². The lowest BCUT2D eigenvalue weighted by Gasteiger charge is -2.26. The zero-order valence-corrected chi connectivity index (χ0v) is 10.2. The highest BCUT2D eigenvalue weighted by molar-refractivity contribution is 4.91. The minimum Gasteiger partial charge on any atom is -0.328 e. The van der Waals surface area contributed by atoms with Gasteiger partial charge >= 0.3 is 0 Å². The van der Waals surface area contributed by atoms with Gasteiger partial charge < -0.3 is 10.6 Å². The van der Waals surface area contributed by atoms with E-state index in [-0.39, 0.29) is 0 Å². The van der Waals surface area contributed by atoms with Crippen molar-refractivity contribution in [2.45, 2.75) is 50.7 Å². The Hall–Kier alpha value is -0.120. The molecule has 2 aliphatic rings. The van der Waals surface area contributed by atoms with Crippen molar-refractivity contribution in [1.29, 1.82) is 0 Å². The first-order chi connectivity index (χ1) is 7.16. The van der Waals surface area contributed by atoms with Gasteiger partial charge in [-0.1, -0.05) is 0 Å². The molecule has 2 aliphatic heterocycles. The summed E-state index contributed by atoms with van der Waals surface area (Å²) in [4.78, 5) is 5.22. The summed E-state index contributed by atoms with van der Waals surface area (Å²) in [5, 5.41) is 0. The van der Waals surface area contributed by atoms with Gasteiger partial charge in [0.1, 0.15) is 0 Å². The number of likely N-dealkylation sites (N-methyl/N-ethyl adjacent to an activating group) is 1. The molecule has 15 heavy (non-hydrogen) atoms. The molecule has 2 saturated heterocycles. The number of likely N-dealkylation sites (tertiary alicyclic amines) is 1. The van der Waals surface area contributed by atoms with E-state index in [1.807, 2.05) is 0 Å². The van der Waals surface area contributed by atoms with E-state index in [1.165, 1.54) is 38.9 Å². The maximum absolute atomic E-state index is 5.81. The minimum absolute atomic E-state index is 0.350. The molecule has 0 aromatic heterocycles. The summed E-state index contributed by atoms with van der Waals surface area (Å²) in [6.45, 7) is 5.84. The van der Waals surface area contributed by atoms with E-state index in [1.54, 1.807) is 0 Å². The van der Waals surface area contributed by atoms with Crippen LogP contribution in [0.1, 0.15) is 32.6 Å². The normalized spacial score (nSPS) is 35.4. The summed E-state index contributed by atoms with van der Waals surface area (Å²) in [5.74, 6) is 0. The monoisotopic (exact) mass is 211 g/mol. The summed E-state index contributed by atoms with van der Waals surface area (Å²) in [5.41, 5.74) is 5.81. The molecule has 3 nitrogen and oxygen atoms in total.